The summed E-state index contributed by atoms with van der Waals surface area (Å²) >= 11 is 18.1. The highest BCUT2D eigenvalue weighted by atomic mass is 79.9. The lowest BCUT2D eigenvalue weighted by Gasteiger charge is -2.48. The number of nitrogens with two attached hydrogens (primary N) is 2. The normalized spacial score (nSPS) is 29.7. The SMILES string of the molecule is CN[C@H](CC(C)C)C(=O)N[C@H]1C(=O)N[C@@H](CC(N)=O)C(=O)N[C@H]2C(=O)N[C@H]3C(=O)N[C@H](C(=O)N[C@H](C(=O)O)c4cc(O)cc(O)c4-c4cc3ccc4O)[C@H](O[C@H]3C[C@](C)(N)[C@@H](O)[C@H](C)O3)c3ccc(c(Cl)c3)Oc3cc2cc(c3O[C@@H]2O[C@H](CO)[C@@H](O)[C@H](O)[C@H]2O[C@H]2C[C@](C)(NCc3ccc(-c4ccc(Br)cc4)cc3)[C@@H](O)[C@H](C)O2)Oc2ccc(cc2Cl)[C@H]1O. The van der Waals surface area contributed by atoms with E-state index in [9.17, 15) is 65.4 Å². The fraction of sp³-hybridized carbons (Fsp3) is 0.419. The molecule has 8 aliphatic heterocycles. The molecule has 22 N–H and O–H groups in total. The zero-order valence-electron chi connectivity index (χ0n) is 68.3. The number of primary amides is 1. The molecule has 0 spiro atoms. The Morgan fingerprint density at radius 3 is 1.85 bits per heavy atom. The monoisotopic (exact) mass is 1830 g/mol. The summed E-state index contributed by atoms with van der Waals surface area (Å²) in [5.74, 6) is -16.1. The van der Waals surface area contributed by atoms with Gasteiger partial charge in [0.25, 0.3) is 0 Å². The Balaban J connectivity index is 1.02. The van der Waals surface area contributed by atoms with Crippen LogP contribution in [0.4, 0.5) is 0 Å². The Labute approximate surface area is 733 Å². The fourth-order valence-corrected chi connectivity index (χ4v) is 16.9. The largest absolute Gasteiger partial charge is 0.508 e. The van der Waals surface area contributed by atoms with Crippen molar-refractivity contribution in [1.82, 2.24) is 42.5 Å². The van der Waals surface area contributed by atoms with Gasteiger partial charge < -0.3 is 143 Å². The van der Waals surface area contributed by atoms with E-state index in [4.69, 9.17) is 72.6 Å². The summed E-state index contributed by atoms with van der Waals surface area (Å²) in [6, 6.07) is 15.1. The number of amides is 7. The van der Waals surface area contributed by atoms with Gasteiger partial charge in [-0.2, -0.15) is 0 Å². The predicted molar refractivity (Wildman–Crippen MR) is 448 cm³/mol. The van der Waals surface area contributed by atoms with E-state index in [0.29, 0.717) is 0 Å². The van der Waals surface area contributed by atoms with Crippen LogP contribution in [0, 0.1) is 5.92 Å². The number of phenolic OH excluding ortho intramolecular Hbond substituents is 3. The van der Waals surface area contributed by atoms with Crippen molar-refractivity contribution < 1.29 is 127 Å². The molecule has 0 unspecified atom stereocenters. The third kappa shape index (κ3) is 20.2. The Morgan fingerprint density at radius 1 is 0.648 bits per heavy atom. The van der Waals surface area contributed by atoms with Gasteiger partial charge in [0.05, 0.1) is 53.5 Å². The lowest BCUT2D eigenvalue weighted by molar-refractivity contribution is -0.334. The quantitative estimate of drug-likeness (QED) is 0.0526. The van der Waals surface area contributed by atoms with Crippen LogP contribution >= 0.6 is 39.1 Å². The fourth-order valence-electron chi connectivity index (χ4n) is 16.2. The molecule has 15 rings (SSSR count). The minimum absolute atomic E-state index is 0.118. The topological polar surface area (TPSA) is 561 Å². The van der Waals surface area contributed by atoms with Crippen LogP contribution in [0.2, 0.25) is 10.0 Å². The van der Waals surface area contributed by atoms with Crippen molar-refractivity contribution in [2.75, 3.05) is 13.7 Å². The lowest BCUT2D eigenvalue weighted by atomic mass is 9.84. The van der Waals surface area contributed by atoms with Gasteiger partial charge in [-0.3, -0.25) is 33.6 Å². The molecule has 7 aromatic carbocycles. The van der Waals surface area contributed by atoms with E-state index in [1.807, 2.05) is 62.4 Å². The number of hydrogen-bond acceptors (Lipinski definition) is 28. The lowest BCUT2D eigenvalue weighted by Crippen LogP contribution is -2.65. The number of carboxylic acids is 1. The molecule has 0 aliphatic carbocycles. The minimum Gasteiger partial charge on any atom is -0.508 e. The zero-order valence-corrected chi connectivity index (χ0v) is 71.4. The molecule has 7 amide bonds. The smallest absolute Gasteiger partial charge is 0.330 e. The van der Waals surface area contributed by atoms with E-state index in [1.54, 1.807) is 13.8 Å². The van der Waals surface area contributed by atoms with E-state index in [1.165, 1.54) is 51.2 Å². The number of ether oxygens (including phenoxy) is 8. The van der Waals surface area contributed by atoms with Gasteiger partial charge in [-0.25, -0.2) is 4.79 Å². The van der Waals surface area contributed by atoms with Crippen molar-refractivity contribution in [3.05, 3.63) is 175 Å². The molecule has 0 saturated carbocycles. The second-order valence-corrected chi connectivity index (χ2v) is 34.5. The average Bonchev–Trinajstić information content (AvgIpc) is 0.762. The summed E-state index contributed by atoms with van der Waals surface area (Å²) < 4.78 is 53.8. The maximum absolute atomic E-state index is 16.6. The number of carbonyl (C=O) groups is 8. The first kappa shape index (κ1) is 92.3. The Bertz CT molecular complexity index is 5250. The number of hydrogen-bond donors (Lipinski definition) is 20. The number of phenols is 3. The second-order valence-electron chi connectivity index (χ2n) is 32.7. The second kappa shape index (κ2) is 38.0. The molecule has 668 valence electrons. The molecule has 39 heteroatoms. The molecule has 8 heterocycles. The highest BCUT2D eigenvalue weighted by Gasteiger charge is 2.53. The van der Waals surface area contributed by atoms with Gasteiger partial charge in [0.2, 0.25) is 53.4 Å². The van der Waals surface area contributed by atoms with Crippen LogP contribution in [0.15, 0.2) is 132 Å². The third-order valence-corrected chi connectivity index (χ3v) is 24.0. The summed E-state index contributed by atoms with van der Waals surface area (Å²) in [6.07, 6.45) is -22.9. The third-order valence-electron chi connectivity index (χ3n) is 22.9. The number of aliphatic hydroxyl groups excluding tert-OH is 6. The number of benzene rings is 7. The van der Waals surface area contributed by atoms with Crippen LogP contribution in [0.25, 0.3) is 22.3 Å². The number of aromatic hydroxyl groups is 3. The number of carbonyl (C=O) groups excluding carboxylic acids is 7. The van der Waals surface area contributed by atoms with Gasteiger partial charge in [0, 0.05) is 57.7 Å². The van der Waals surface area contributed by atoms with E-state index in [0.717, 1.165) is 69.7 Å². The molecule has 11 bridgehead atoms. The summed E-state index contributed by atoms with van der Waals surface area (Å²) in [4.78, 5) is 121. The summed E-state index contributed by atoms with van der Waals surface area (Å²) in [7, 11) is 1.48. The number of nitrogens with one attached hydrogen (secondary N) is 8. The van der Waals surface area contributed by atoms with Crippen LogP contribution in [0.3, 0.4) is 0 Å². The molecule has 7 aromatic rings. The van der Waals surface area contributed by atoms with Crippen LogP contribution in [-0.2, 0) is 68.6 Å². The van der Waals surface area contributed by atoms with Crippen LogP contribution in [-0.4, -0.2) is 215 Å². The summed E-state index contributed by atoms with van der Waals surface area (Å²) in [6.45, 7) is 9.10. The average molecular weight is 1840 g/mol. The molecule has 3 saturated heterocycles. The number of carboxylic acid groups (broad SMARTS) is 1. The first-order valence-corrected chi connectivity index (χ1v) is 41.6. The molecule has 8 aliphatic rings. The van der Waals surface area contributed by atoms with Crippen molar-refractivity contribution in [3.8, 4) is 68.2 Å². The van der Waals surface area contributed by atoms with Crippen molar-refractivity contribution in [2.45, 2.75) is 207 Å². The highest BCUT2D eigenvalue weighted by Crippen LogP contribution is 2.51. The summed E-state index contributed by atoms with van der Waals surface area (Å²) in [5, 5.41) is 138. The molecule has 36 nitrogen and oxygen atoms in total. The van der Waals surface area contributed by atoms with Crippen LogP contribution in [0.1, 0.15) is 131 Å². The number of fused-ring (bicyclic) bond motifs is 15. The number of aliphatic carboxylic acids is 1. The first-order valence-electron chi connectivity index (χ1n) is 40.1. The molecule has 125 heavy (non-hydrogen) atoms. The number of rotatable bonds is 19. The van der Waals surface area contributed by atoms with E-state index >= 15 is 24.0 Å². The molecular formula is C86H97BrCl2N10O26. The Morgan fingerprint density at radius 2 is 1.24 bits per heavy atom. The van der Waals surface area contributed by atoms with Gasteiger partial charge in [0.1, 0.15) is 89.5 Å². The maximum Gasteiger partial charge on any atom is 0.330 e. The van der Waals surface area contributed by atoms with Crippen molar-refractivity contribution >= 4 is 86.5 Å². The zero-order chi connectivity index (χ0) is 90.3. The van der Waals surface area contributed by atoms with Gasteiger partial charge in [0.15, 0.2) is 36.2 Å². The molecular weight excluding hydrogens is 1740 g/mol. The summed E-state index contributed by atoms with van der Waals surface area (Å²) in [5.41, 5.74) is 9.73. The minimum atomic E-state index is -2.40. The van der Waals surface area contributed by atoms with Crippen LogP contribution < -0.4 is 68.2 Å². The Kier molecular flexibility index (Phi) is 28.1. The van der Waals surface area contributed by atoms with Gasteiger partial charge in [-0.15, -0.1) is 0 Å². The molecule has 0 radical (unpaired) electrons. The first-order chi connectivity index (χ1) is 59.2. The van der Waals surface area contributed by atoms with Crippen molar-refractivity contribution in [3.63, 3.8) is 0 Å². The molecule has 22 atom stereocenters. The van der Waals surface area contributed by atoms with Crippen molar-refractivity contribution in [2.24, 2.45) is 17.4 Å². The van der Waals surface area contributed by atoms with Gasteiger partial charge in [-0.05, 0) is 153 Å². The van der Waals surface area contributed by atoms with E-state index in [2.05, 4.69) is 58.5 Å². The molecule has 3 fully saturated rings. The van der Waals surface area contributed by atoms with E-state index in [-0.39, 0.29) is 59.2 Å². The highest BCUT2D eigenvalue weighted by molar-refractivity contribution is 9.10. The Hall–Kier alpha value is -10.4. The predicted octanol–water partition coefficient (Wildman–Crippen LogP) is 4.60. The van der Waals surface area contributed by atoms with Crippen molar-refractivity contribution in [1.29, 1.82) is 0 Å². The number of aliphatic hydroxyl groups is 6. The molecule has 0 aromatic heterocycles. The number of likely N-dealkylation sites (N-methyl/N-ethyl adjacent to an activating group) is 1. The van der Waals surface area contributed by atoms with Gasteiger partial charge in [-0.1, -0.05) is 108 Å². The standard InChI is InChI=1S/C86H97BrCl2N10O26/c1-35(2)22-51(92-7)77(110)98-67-69(105)42-15-20-55(49(88)24-42)120-57-26-44-27-58(73(57)125-84-74(71(107)70(106)59(34-100)122-84)124-62-32-86(6,76(109)37(4)119-62)93-33-38-8-10-39(11-9-38)40-12-17-45(87)18-13-40)121-56-21-16-43(25-50(56)89)72(123-61-31-85(5,91)75(108)36(3)118-61)68-82(115)97-66(83(116)117)48-28-46(101)29-54(103)63(48)47-23-41(14-19-53(47)102)64(79(112)99-68)96-80(113)65(44)95-78(111)52(30-60(90)104)94-81(67)114/h8-21,23-29,35-37,51-52,59,61-62,64-72,74-76,84,92-93,100-103,105-109H,22,30-34,91H2,1-7H3,(H2,90,104)(H,94,114)(H,95,111)(H,96,113)(H,97,115)(H,98,110)(H,99,112)(H,116,117)/t36-,37-,51+,52-,59+,61-,62-,64+,65+,66-,67+,68-,69+,70+,71-,72+,74+,75-,76-,84-,85-,86-/m0/s1. The van der Waals surface area contributed by atoms with Gasteiger partial charge >= 0.3 is 5.97 Å². The van der Waals surface area contributed by atoms with E-state index < -0.39 is 261 Å². The number of halogens is 3. The van der Waals surface area contributed by atoms with Crippen LogP contribution in [0.5, 0.6) is 46.0 Å². The maximum atomic E-state index is 16.6.